The molecule has 0 aliphatic carbocycles. The van der Waals surface area contributed by atoms with E-state index in [4.69, 9.17) is 4.74 Å². The summed E-state index contributed by atoms with van der Waals surface area (Å²) in [4.78, 5) is 0. The largest absolute Gasteiger partial charge is 0.495 e. The molecule has 2 nitrogen and oxygen atoms in total. The number of halogens is 1. The lowest BCUT2D eigenvalue weighted by Crippen LogP contribution is -2.13. The first kappa shape index (κ1) is 14.4. The summed E-state index contributed by atoms with van der Waals surface area (Å²) in [5.41, 5.74) is 1.11. The topological polar surface area (TPSA) is 21.3 Å². The van der Waals surface area contributed by atoms with E-state index in [1.807, 2.05) is 12.1 Å². The molecule has 0 saturated carbocycles. The molecule has 0 spiro atoms. The van der Waals surface area contributed by atoms with Gasteiger partial charge in [-0.2, -0.15) is 0 Å². The van der Waals surface area contributed by atoms with Crippen molar-refractivity contribution in [2.24, 2.45) is 11.8 Å². The van der Waals surface area contributed by atoms with Gasteiger partial charge in [0, 0.05) is 18.3 Å². The van der Waals surface area contributed by atoms with Gasteiger partial charge in [-0.25, -0.2) is 0 Å². The fraction of sp³-hybridized carbons (Fsp3) is 0.571. The van der Waals surface area contributed by atoms with Crippen molar-refractivity contribution in [3.8, 4) is 5.75 Å². The van der Waals surface area contributed by atoms with Crippen LogP contribution >= 0.6 is 15.9 Å². The van der Waals surface area contributed by atoms with Crippen LogP contribution in [0.25, 0.3) is 0 Å². The van der Waals surface area contributed by atoms with E-state index in [-0.39, 0.29) is 0 Å². The summed E-state index contributed by atoms with van der Waals surface area (Å²) in [6.45, 7) is 7.81. The smallest absolute Gasteiger partial charge is 0.135 e. The maximum absolute atomic E-state index is 5.27. The van der Waals surface area contributed by atoms with Crippen molar-refractivity contribution in [3.05, 3.63) is 22.7 Å². The zero-order chi connectivity index (χ0) is 12.8. The van der Waals surface area contributed by atoms with Gasteiger partial charge in [-0.15, -0.1) is 0 Å². The van der Waals surface area contributed by atoms with Crippen LogP contribution in [-0.2, 0) is 0 Å². The Kier molecular flexibility index (Phi) is 5.83. The number of ether oxygens (including phenoxy) is 1. The Morgan fingerprint density at radius 1 is 1.29 bits per heavy atom. The molecule has 17 heavy (non-hydrogen) atoms. The highest BCUT2D eigenvalue weighted by molar-refractivity contribution is 9.10. The van der Waals surface area contributed by atoms with Gasteiger partial charge in [-0.05, 0) is 46.3 Å². The minimum Gasteiger partial charge on any atom is -0.495 e. The minimum absolute atomic E-state index is 0.685. The average Bonchev–Trinajstić information content (AvgIpc) is 2.27. The maximum Gasteiger partial charge on any atom is 0.135 e. The molecule has 0 aliphatic rings. The molecule has 1 aromatic carbocycles. The molecule has 1 atom stereocenters. The van der Waals surface area contributed by atoms with E-state index in [1.165, 1.54) is 6.42 Å². The highest BCUT2D eigenvalue weighted by atomic mass is 79.9. The van der Waals surface area contributed by atoms with Crippen LogP contribution in [0.15, 0.2) is 22.7 Å². The number of nitrogens with one attached hydrogen (secondary N) is 1. The third-order valence-corrected chi connectivity index (χ3v) is 3.33. The van der Waals surface area contributed by atoms with Gasteiger partial charge in [-0.3, -0.25) is 0 Å². The summed E-state index contributed by atoms with van der Waals surface area (Å²) in [6.07, 6.45) is 1.25. The van der Waals surface area contributed by atoms with Crippen LogP contribution < -0.4 is 10.1 Å². The van der Waals surface area contributed by atoms with Gasteiger partial charge in [0.25, 0.3) is 0 Å². The van der Waals surface area contributed by atoms with Crippen LogP contribution in [0, 0.1) is 11.8 Å². The summed E-state index contributed by atoms with van der Waals surface area (Å²) in [5.74, 6) is 2.31. The zero-order valence-electron chi connectivity index (χ0n) is 11.1. The van der Waals surface area contributed by atoms with E-state index < -0.39 is 0 Å². The molecule has 1 unspecified atom stereocenters. The fourth-order valence-electron chi connectivity index (χ4n) is 1.95. The maximum atomic E-state index is 5.27. The molecule has 1 N–H and O–H groups in total. The lowest BCUT2D eigenvalue weighted by atomic mass is 9.99. The van der Waals surface area contributed by atoms with Crippen LogP contribution in [-0.4, -0.2) is 13.7 Å². The van der Waals surface area contributed by atoms with Crippen molar-refractivity contribution >= 4 is 21.6 Å². The summed E-state index contributed by atoms with van der Waals surface area (Å²) < 4.78 is 6.26. The van der Waals surface area contributed by atoms with Crippen molar-refractivity contribution in [2.45, 2.75) is 27.2 Å². The zero-order valence-corrected chi connectivity index (χ0v) is 12.7. The summed E-state index contributed by atoms with van der Waals surface area (Å²) in [7, 11) is 1.69. The molecular formula is C14H22BrNO. The molecule has 0 fully saturated rings. The number of methoxy groups -OCH3 is 1. The summed E-state index contributed by atoms with van der Waals surface area (Å²) in [5, 5.41) is 3.45. The standard InChI is InChI=1S/C14H22BrNO/c1-10(2)7-11(3)9-16-12-5-6-13(15)14(8-12)17-4/h5-6,8,10-11,16H,7,9H2,1-4H3. The van der Waals surface area contributed by atoms with E-state index in [1.54, 1.807) is 7.11 Å². The molecule has 3 heteroatoms. The van der Waals surface area contributed by atoms with E-state index in [0.29, 0.717) is 5.92 Å². The average molecular weight is 300 g/mol. The van der Waals surface area contributed by atoms with Crippen LogP contribution in [0.4, 0.5) is 5.69 Å². The Hall–Kier alpha value is -0.700. The number of anilines is 1. The first-order valence-corrected chi connectivity index (χ1v) is 6.89. The van der Waals surface area contributed by atoms with Crippen LogP contribution in [0.1, 0.15) is 27.2 Å². The monoisotopic (exact) mass is 299 g/mol. The third-order valence-electron chi connectivity index (χ3n) is 2.68. The van der Waals surface area contributed by atoms with Crippen LogP contribution in [0.5, 0.6) is 5.75 Å². The Morgan fingerprint density at radius 3 is 2.59 bits per heavy atom. The van der Waals surface area contributed by atoms with Gasteiger partial charge >= 0.3 is 0 Å². The molecule has 0 bridgehead atoms. The predicted molar refractivity (Wildman–Crippen MR) is 77.8 cm³/mol. The predicted octanol–water partition coefficient (Wildman–Crippen LogP) is 4.55. The molecule has 96 valence electrons. The fourth-order valence-corrected chi connectivity index (χ4v) is 2.36. The first-order valence-electron chi connectivity index (χ1n) is 6.10. The molecule has 0 amide bonds. The second kappa shape index (κ2) is 6.90. The van der Waals surface area contributed by atoms with Crippen molar-refractivity contribution < 1.29 is 4.74 Å². The number of rotatable bonds is 6. The van der Waals surface area contributed by atoms with E-state index >= 15 is 0 Å². The first-order chi connectivity index (χ1) is 8.02. The minimum atomic E-state index is 0.685. The van der Waals surface area contributed by atoms with Crippen molar-refractivity contribution in [1.82, 2.24) is 0 Å². The van der Waals surface area contributed by atoms with Gasteiger partial charge in [0.15, 0.2) is 0 Å². The molecule has 0 aliphatic heterocycles. The van der Waals surface area contributed by atoms with Crippen molar-refractivity contribution in [3.63, 3.8) is 0 Å². The molecule has 0 aromatic heterocycles. The lowest BCUT2D eigenvalue weighted by molar-refractivity contribution is 0.412. The van der Waals surface area contributed by atoms with Crippen LogP contribution in [0.3, 0.4) is 0 Å². The SMILES string of the molecule is COc1cc(NCC(C)CC(C)C)ccc1Br. The van der Waals surface area contributed by atoms with Gasteiger partial charge in [0.2, 0.25) is 0 Å². The van der Waals surface area contributed by atoms with Crippen molar-refractivity contribution in [1.29, 1.82) is 0 Å². The molecule has 0 radical (unpaired) electrons. The van der Waals surface area contributed by atoms with E-state index in [2.05, 4.69) is 48.1 Å². The molecular weight excluding hydrogens is 278 g/mol. The van der Waals surface area contributed by atoms with Gasteiger partial charge in [0.05, 0.1) is 11.6 Å². The van der Waals surface area contributed by atoms with Gasteiger partial charge < -0.3 is 10.1 Å². The number of hydrogen-bond donors (Lipinski definition) is 1. The third kappa shape index (κ3) is 4.99. The molecule has 1 aromatic rings. The second-order valence-electron chi connectivity index (χ2n) is 4.96. The lowest BCUT2D eigenvalue weighted by Gasteiger charge is -2.16. The molecule has 0 heterocycles. The highest BCUT2D eigenvalue weighted by Crippen LogP contribution is 2.28. The highest BCUT2D eigenvalue weighted by Gasteiger charge is 2.06. The number of hydrogen-bond acceptors (Lipinski definition) is 2. The van der Waals surface area contributed by atoms with Crippen molar-refractivity contribution in [2.75, 3.05) is 19.0 Å². The molecule has 0 saturated heterocycles. The summed E-state index contributed by atoms with van der Waals surface area (Å²) >= 11 is 3.45. The van der Waals surface area contributed by atoms with Gasteiger partial charge in [0.1, 0.15) is 5.75 Å². The Morgan fingerprint density at radius 2 is 2.00 bits per heavy atom. The molecule has 1 rings (SSSR count). The summed E-state index contributed by atoms with van der Waals surface area (Å²) in [6, 6.07) is 6.09. The second-order valence-corrected chi connectivity index (χ2v) is 5.82. The Labute approximate surface area is 113 Å². The Bertz CT molecular complexity index is 352. The number of benzene rings is 1. The van der Waals surface area contributed by atoms with Crippen LogP contribution in [0.2, 0.25) is 0 Å². The Balaban J connectivity index is 2.52. The van der Waals surface area contributed by atoms with Gasteiger partial charge in [-0.1, -0.05) is 20.8 Å². The normalized spacial score (nSPS) is 12.6. The van der Waals surface area contributed by atoms with E-state index in [0.717, 1.165) is 28.4 Å². The quantitative estimate of drug-likeness (QED) is 0.832. The van der Waals surface area contributed by atoms with E-state index in [9.17, 15) is 0 Å².